The van der Waals surface area contributed by atoms with Crippen LogP contribution in [0.25, 0.3) is 0 Å². The highest BCUT2D eigenvalue weighted by molar-refractivity contribution is 14.0. The molecule has 1 aliphatic carbocycles. The summed E-state index contributed by atoms with van der Waals surface area (Å²) in [7, 11) is 1.63. The molecule has 0 radical (unpaired) electrons. The minimum absolute atomic E-state index is 0. The highest BCUT2D eigenvalue weighted by Crippen LogP contribution is 2.29. The Bertz CT molecular complexity index is 635. The number of hydrogen-bond donors (Lipinski definition) is 2. The van der Waals surface area contributed by atoms with Gasteiger partial charge in [0, 0.05) is 44.3 Å². The smallest absolute Gasteiger partial charge is 0.387 e. The number of hydrogen-bond acceptors (Lipinski definition) is 3. The van der Waals surface area contributed by atoms with Crippen LogP contribution in [0.1, 0.15) is 31.2 Å². The molecule has 2 fully saturated rings. The van der Waals surface area contributed by atoms with Gasteiger partial charge in [-0.05, 0) is 37.8 Å². The number of alkyl halides is 2. The molecule has 5 nitrogen and oxygen atoms in total. The summed E-state index contributed by atoms with van der Waals surface area (Å²) in [5.74, 6) is -0.231. The topological polar surface area (TPSA) is 48.9 Å². The molecule has 9 heteroatoms. The zero-order valence-electron chi connectivity index (χ0n) is 15.3. The fourth-order valence-corrected chi connectivity index (χ4v) is 3.33. The van der Waals surface area contributed by atoms with Gasteiger partial charge in [0.2, 0.25) is 0 Å². The van der Waals surface area contributed by atoms with E-state index in [4.69, 9.17) is 0 Å². The highest BCUT2D eigenvalue weighted by atomic mass is 127. The van der Waals surface area contributed by atoms with Gasteiger partial charge in [-0.25, -0.2) is 4.39 Å². The second-order valence-corrected chi connectivity index (χ2v) is 6.71. The summed E-state index contributed by atoms with van der Waals surface area (Å²) in [6.07, 6.45) is 4.67. The molecule has 2 aliphatic rings. The monoisotopic (exact) mass is 498 g/mol. The third kappa shape index (κ3) is 6.41. The number of rotatable bonds is 6. The summed E-state index contributed by atoms with van der Waals surface area (Å²) < 4.78 is 43.4. The van der Waals surface area contributed by atoms with E-state index in [1.54, 1.807) is 7.05 Å². The Morgan fingerprint density at radius 3 is 2.56 bits per heavy atom. The standard InChI is InChI=1S/C18H25F3N4O.HI/c1-22-18(24-12-7-9-25(10-8-12)13-5-6-13)23-11-14-15(19)3-2-4-16(14)26-17(20)21;/h2-4,12-13,17H,5-11H2,1H3,(H2,22,23,24);1H. The fourth-order valence-electron chi connectivity index (χ4n) is 3.33. The number of halogens is 4. The van der Waals surface area contributed by atoms with Crippen LogP contribution in [0.4, 0.5) is 13.2 Å². The van der Waals surface area contributed by atoms with E-state index < -0.39 is 12.4 Å². The van der Waals surface area contributed by atoms with Gasteiger partial charge in [-0.1, -0.05) is 6.07 Å². The van der Waals surface area contributed by atoms with Crippen LogP contribution in [-0.2, 0) is 6.54 Å². The van der Waals surface area contributed by atoms with Gasteiger partial charge in [0.1, 0.15) is 11.6 Å². The van der Waals surface area contributed by atoms with E-state index in [1.165, 1.54) is 31.0 Å². The van der Waals surface area contributed by atoms with Crippen molar-refractivity contribution in [3.05, 3.63) is 29.6 Å². The van der Waals surface area contributed by atoms with E-state index in [1.807, 2.05) is 0 Å². The summed E-state index contributed by atoms with van der Waals surface area (Å²) in [5, 5.41) is 6.33. The van der Waals surface area contributed by atoms with Crippen LogP contribution in [-0.4, -0.2) is 49.7 Å². The number of likely N-dealkylation sites (tertiary alicyclic amines) is 1. The van der Waals surface area contributed by atoms with Crippen molar-refractivity contribution in [3.8, 4) is 5.75 Å². The first-order valence-corrected chi connectivity index (χ1v) is 9.00. The molecule has 3 rings (SSSR count). The predicted molar refractivity (Wildman–Crippen MR) is 109 cm³/mol. The van der Waals surface area contributed by atoms with Crippen molar-refractivity contribution in [2.75, 3.05) is 20.1 Å². The first-order chi connectivity index (χ1) is 12.6. The Balaban J connectivity index is 0.00000261. The average molecular weight is 498 g/mol. The van der Waals surface area contributed by atoms with Crippen LogP contribution in [0.3, 0.4) is 0 Å². The molecule has 27 heavy (non-hydrogen) atoms. The molecular formula is C18H26F3IN4O. The molecule has 1 saturated carbocycles. The van der Waals surface area contributed by atoms with E-state index in [9.17, 15) is 13.2 Å². The second kappa shape index (κ2) is 10.4. The number of nitrogens with zero attached hydrogens (tertiary/aromatic N) is 2. The summed E-state index contributed by atoms with van der Waals surface area (Å²) >= 11 is 0. The zero-order valence-corrected chi connectivity index (χ0v) is 17.6. The number of aliphatic imine (C=N–C) groups is 1. The summed E-state index contributed by atoms with van der Waals surface area (Å²) in [5.41, 5.74) is 0.0549. The molecule has 0 spiro atoms. The van der Waals surface area contributed by atoms with E-state index in [2.05, 4.69) is 25.3 Å². The maximum absolute atomic E-state index is 14.0. The first kappa shape index (κ1) is 22.1. The number of nitrogens with one attached hydrogen (secondary N) is 2. The van der Waals surface area contributed by atoms with Gasteiger partial charge in [0.05, 0.1) is 0 Å². The van der Waals surface area contributed by atoms with Crippen molar-refractivity contribution < 1.29 is 17.9 Å². The van der Waals surface area contributed by atoms with Crippen molar-refractivity contribution in [3.63, 3.8) is 0 Å². The number of ether oxygens (including phenoxy) is 1. The minimum Gasteiger partial charge on any atom is -0.434 e. The highest BCUT2D eigenvalue weighted by Gasteiger charge is 2.31. The molecule has 0 atom stereocenters. The zero-order chi connectivity index (χ0) is 18.5. The molecule has 1 saturated heterocycles. The van der Waals surface area contributed by atoms with Gasteiger partial charge in [-0.3, -0.25) is 4.99 Å². The maximum Gasteiger partial charge on any atom is 0.387 e. The Morgan fingerprint density at radius 1 is 1.26 bits per heavy atom. The average Bonchev–Trinajstić information content (AvgIpc) is 3.45. The minimum atomic E-state index is -3.00. The molecule has 152 valence electrons. The van der Waals surface area contributed by atoms with Gasteiger partial charge < -0.3 is 20.3 Å². The van der Waals surface area contributed by atoms with Crippen LogP contribution in [0, 0.1) is 5.82 Å². The predicted octanol–water partition coefficient (Wildman–Crippen LogP) is 3.34. The molecule has 1 heterocycles. The molecular weight excluding hydrogens is 472 g/mol. The van der Waals surface area contributed by atoms with E-state index in [-0.39, 0.29) is 41.8 Å². The van der Waals surface area contributed by atoms with Gasteiger partial charge in [-0.15, -0.1) is 24.0 Å². The van der Waals surface area contributed by atoms with E-state index in [0.717, 1.165) is 32.0 Å². The van der Waals surface area contributed by atoms with Crippen LogP contribution in [0.5, 0.6) is 5.75 Å². The lowest BCUT2D eigenvalue weighted by atomic mass is 10.1. The Morgan fingerprint density at radius 2 is 1.96 bits per heavy atom. The quantitative estimate of drug-likeness (QED) is 0.359. The normalized spacial score (nSPS) is 18.9. The lowest BCUT2D eigenvalue weighted by Gasteiger charge is -2.33. The van der Waals surface area contributed by atoms with Gasteiger partial charge in [0.25, 0.3) is 0 Å². The number of benzene rings is 1. The van der Waals surface area contributed by atoms with Crippen molar-refractivity contribution in [1.29, 1.82) is 0 Å². The Kier molecular flexibility index (Phi) is 8.46. The molecule has 1 aromatic rings. The third-order valence-electron chi connectivity index (χ3n) is 4.88. The molecule has 0 unspecified atom stereocenters. The van der Waals surface area contributed by atoms with Crippen LogP contribution in [0.15, 0.2) is 23.2 Å². The van der Waals surface area contributed by atoms with Crippen molar-refractivity contribution in [1.82, 2.24) is 15.5 Å². The lowest BCUT2D eigenvalue weighted by molar-refractivity contribution is -0.0506. The third-order valence-corrected chi connectivity index (χ3v) is 4.88. The van der Waals surface area contributed by atoms with Gasteiger partial charge in [0.15, 0.2) is 5.96 Å². The summed E-state index contributed by atoms with van der Waals surface area (Å²) in [6, 6.07) is 4.98. The maximum atomic E-state index is 14.0. The fraction of sp³-hybridized carbons (Fsp3) is 0.611. The first-order valence-electron chi connectivity index (χ1n) is 9.00. The van der Waals surface area contributed by atoms with Gasteiger partial charge in [-0.2, -0.15) is 8.78 Å². The SMILES string of the molecule is CN=C(NCc1c(F)cccc1OC(F)F)NC1CCN(C2CC2)CC1.I. The van der Waals surface area contributed by atoms with Crippen molar-refractivity contribution in [2.45, 2.75) is 50.9 Å². The summed E-state index contributed by atoms with van der Waals surface area (Å²) in [6.45, 7) is -0.850. The number of guanidine groups is 1. The summed E-state index contributed by atoms with van der Waals surface area (Å²) in [4.78, 5) is 6.68. The lowest BCUT2D eigenvalue weighted by Crippen LogP contribution is -2.48. The van der Waals surface area contributed by atoms with Gasteiger partial charge >= 0.3 is 6.61 Å². The van der Waals surface area contributed by atoms with Crippen LogP contribution >= 0.6 is 24.0 Å². The van der Waals surface area contributed by atoms with E-state index in [0.29, 0.717) is 12.0 Å². The van der Waals surface area contributed by atoms with E-state index >= 15 is 0 Å². The molecule has 0 aromatic heterocycles. The second-order valence-electron chi connectivity index (χ2n) is 6.71. The Hall–Kier alpha value is -1.23. The largest absolute Gasteiger partial charge is 0.434 e. The molecule has 0 amide bonds. The molecule has 1 aliphatic heterocycles. The Labute approximate surface area is 174 Å². The molecule has 1 aromatic carbocycles. The van der Waals surface area contributed by atoms with Crippen LogP contribution < -0.4 is 15.4 Å². The van der Waals surface area contributed by atoms with Crippen LogP contribution in [0.2, 0.25) is 0 Å². The molecule has 2 N–H and O–H groups in total. The van der Waals surface area contributed by atoms with Crippen molar-refractivity contribution >= 4 is 29.9 Å². The molecule has 0 bridgehead atoms. The number of piperidine rings is 1. The van der Waals surface area contributed by atoms with Crippen molar-refractivity contribution in [2.24, 2.45) is 4.99 Å².